The molecule has 0 aliphatic carbocycles. The van der Waals surface area contributed by atoms with Crippen LogP contribution >= 0.6 is 0 Å². The van der Waals surface area contributed by atoms with Crippen LogP contribution < -0.4 is 5.32 Å². The van der Waals surface area contributed by atoms with Crippen LogP contribution in [0, 0.1) is 6.92 Å². The third-order valence-corrected chi connectivity index (χ3v) is 2.26. The molecule has 2 heterocycles. The lowest BCUT2D eigenvalue weighted by atomic mass is 10.1. The summed E-state index contributed by atoms with van der Waals surface area (Å²) < 4.78 is 0. The second kappa shape index (κ2) is 5.49. The molecule has 1 N–H and O–H groups in total. The van der Waals surface area contributed by atoms with E-state index in [1.165, 1.54) is 0 Å². The van der Waals surface area contributed by atoms with Crippen LogP contribution in [0.15, 0.2) is 18.2 Å². The van der Waals surface area contributed by atoms with E-state index in [2.05, 4.69) is 10.3 Å². The van der Waals surface area contributed by atoms with E-state index in [4.69, 9.17) is 0 Å². The molecular weight excluding hydrogens is 188 g/mol. The number of nitrogens with zero attached hydrogens (tertiary/aromatic N) is 1. The number of hydrogen-bond acceptors (Lipinski definition) is 2. The number of aromatic nitrogens is 1. The number of carbonyl (C=O) groups excluding carboxylic acids is 1. The molecule has 0 radical (unpaired) electrons. The largest absolute Gasteiger partial charge is 0.348 e. The molecule has 0 spiro atoms. The number of carbonyl (C=O) groups is 1. The molecule has 1 atom stereocenters. The van der Waals surface area contributed by atoms with E-state index in [-0.39, 0.29) is 11.9 Å². The Hall–Kier alpha value is -1.38. The van der Waals surface area contributed by atoms with E-state index >= 15 is 0 Å². The van der Waals surface area contributed by atoms with Crippen molar-refractivity contribution in [3.05, 3.63) is 29.6 Å². The van der Waals surface area contributed by atoms with Crippen molar-refractivity contribution in [2.45, 2.75) is 39.7 Å². The monoisotopic (exact) mass is 206 g/mol. The molecule has 2 rings (SSSR count). The van der Waals surface area contributed by atoms with Gasteiger partial charge in [0.2, 0.25) is 5.91 Å². The fourth-order valence-electron chi connectivity index (χ4n) is 1.59. The van der Waals surface area contributed by atoms with Gasteiger partial charge in [0.1, 0.15) is 0 Å². The molecule has 1 amide bonds. The fraction of sp³-hybridized carbons (Fsp3) is 0.500. The zero-order chi connectivity index (χ0) is 11.3. The molecule has 1 aliphatic rings. The van der Waals surface area contributed by atoms with Crippen molar-refractivity contribution in [3.8, 4) is 0 Å². The van der Waals surface area contributed by atoms with Gasteiger partial charge in [-0.25, -0.2) is 0 Å². The zero-order valence-corrected chi connectivity index (χ0v) is 9.58. The van der Waals surface area contributed by atoms with Gasteiger partial charge in [0.15, 0.2) is 0 Å². The Morgan fingerprint density at radius 2 is 2.13 bits per heavy atom. The van der Waals surface area contributed by atoms with Gasteiger partial charge in [-0.2, -0.15) is 0 Å². The first kappa shape index (κ1) is 11.7. The van der Waals surface area contributed by atoms with Gasteiger partial charge < -0.3 is 5.32 Å². The quantitative estimate of drug-likeness (QED) is 0.766. The molecule has 1 aromatic rings. The van der Waals surface area contributed by atoms with Gasteiger partial charge in [0.05, 0.1) is 11.7 Å². The number of nitrogens with one attached hydrogen (secondary N) is 1. The molecule has 0 bridgehead atoms. The summed E-state index contributed by atoms with van der Waals surface area (Å²) in [6.45, 7) is 5.96. The van der Waals surface area contributed by atoms with E-state index in [1.54, 1.807) is 0 Å². The molecule has 82 valence electrons. The number of aryl methyl sites for hydroxylation is 1. The highest BCUT2D eigenvalue weighted by Gasteiger charge is 2.22. The van der Waals surface area contributed by atoms with Crippen LogP contribution in [0.3, 0.4) is 0 Å². The highest BCUT2D eigenvalue weighted by molar-refractivity contribution is 5.78. The predicted octanol–water partition coefficient (Wildman–Crippen LogP) is 2.37. The van der Waals surface area contributed by atoms with Crippen molar-refractivity contribution in [2.24, 2.45) is 0 Å². The highest BCUT2D eigenvalue weighted by atomic mass is 16.1. The van der Waals surface area contributed by atoms with Crippen molar-refractivity contribution in [2.75, 3.05) is 0 Å². The molecule has 1 saturated heterocycles. The van der Waals surface area contributed by atoms with Crippen molar-refractivity contribution in [1.29, 1.82) is 0 Å². The fourth-order valence-corrected chi connectivity index (χ4v) is 1.59. The van der Waals surface area contributed by atoms with Crippen molar-refractivity contribution in [1.82, 2.24) is 10.3 Å². The van der Waals surface area contributed by atoms with Crippen LogP contribution in [0.1, 0.15) is 44.1 Å². The van der Waals surface area contributed by atoms with Crippen LogP contribution in [0.5, 0.6) is 0 Å². The van der Waals surface area contributed by atoms with Gasteiger partial charge in [-0.3, -0.25) is 9.78 Å². The van der Waals surface area contributed by atoms with Crippen LogP contribution in [0.2, 0.25) is 0 Å². The van der Waals surface area contributed by atoms with Crippen LogP contribution in [-0.2, 0) is 4.79 Å². The normalized spacial score (nSPS) is 19.1. The van der Waals surface area contributed by atoms with Crippen molar-refractivity contribution in [3.63, 3.8) is 0 Å². The minimum Gasteiger partial charge on any atom is -0.348 e. The summed E-state index contributed by atoms with van der Waals surface area (Å²) in [5, 5.41) is 2.90. The molecule has 1 aliphatic heterocycles. The van der Waals surface area contributed by atoms with Gasteiger partial charge in [0.25, 0.3) is 0 Å². The topological polar surface area (TPSA) is 42.0 Å². The molecular formula is C12H18N2O. The molecule has 0 saturated carbocycles. The van der Waals surface area contributed by atoms with E-state index in [9.17, 15) is 4.79 Å². The lowest BCUT2D eigenvalue weighted by Crippen LogP contribution is -2.19. The molecule has 3 heteroatoms. The van der Waals surface area contributed by atoms with E-state index in [0.29, 0.717) is 6.42 Å². The SMILES string of the molecule is CC.Cc1cccc(C2CCC(=O)N2)n1. The maximum absolute atomic E-state index is 11.0. The lowest BCUT2D eigenvalue weighted by molar-refractivity contribution is -0.119. The van der Waals surface area contributed by atoms with Crippen LogP contribution in [0.25, 0.3) is 0 Å². The minimum atomic E-state index is 0.132. The van der Waals surface area contributed by atoms with Gasteiger partial charge in [-0.1, -0.05) is 19.9 Å². The smallest absolute Gasteiger partial charge is 0.220 e. The number of rotatable bonds is 1. The van der Waals surface area contributed by atoms with Gasteiger partial charge in [0, 0.05) is 12.1 Å². The van der Waals surface area contributed by atoms with Crippen LogP contribution in [0.4, 0.5) is 0 Å². The van der Waals surface area contributed by atoms with E-state index in [0.717, 1.165) is 17.8 Å². The van der Waals surface area contributed by atoms with Gasteiger partial charge in [-0.15, -0.1) is 0 Å². The maximum Gasteiger partial charge on any atom is 0.220 e. The Morgan fingerprint density at radius 1 is 1.40 bits per heavy atom. The summed E-state index contributed by atoms with van der Waals surface area (Å²) in [5.41, 5.74) is 1.98. The second-order valence-electron chi connectivity index (χ2n) is 3.36. The Kier molecular flexibility index (Phi) is 4.28. The molecule has 3 nitrogen and oxygen atoms in total. The number of hydrogen-bond donors (Lipinski definition) is 1. The standard InChI is InChI=1S/C10H12N2O.C2H6/c1-7-3-2-4-8(11-7)9-5-6-10(13)12-9;1-2/h2-4,9H,5-6H2,1H3,(H,12,13);1-2H3. The summed E-state index contributed by atoms with van der Waals surface area (Å²) in [6, 6.07) is 6.03. The molecule has 0 aromatic carbocycles. The zero-order valence-electron chi connectivity index (χ0n) is 9.58. The Bertz CT molecular complexity index is 336. The van der Waals surface area contributed by atoms with Gasteiger partial charge in [-0.05, 0) is 25.5 Å². The summed E-state index contributed by atoms with van der Waals surface area (Å²) in [5.74, 6) is 0.133. The number of amides is 1. The number of pyridine rings is 1. The first-order valence-electron chi connectivity index (χ1n) is 5.48. The predicted molar refractivity (Wildman–Crippen MR) is 60.4 cm³/mol. The van der Waals surface area contributed by atoms with Crippen molar-refractivity contribution >= 4 is 5.91 Å². The third-order valence-electron chi connectivity index (χ3n) is 2.26. The van der Waals surface area contributed by atoms with Crippen LogP contribution in [-0.4, -0.2) is 10.9 Å². The average molecular weight is 206 g/mol. The van der Waals surface area contributed by atoms with E-state index < -0.39 is 0 Å². The Balaban J connectivity index is 0.000000531. The van der Waals surface area contributed by atoms with Crippen molar-refractivity contribution < 1.29 is 4.79 Å². The third kappa shape index (κ3) is 3.05. The maximum atomic E-state index is 11.0. The minimum absolute atomic E-state index is 0.132. The first-order valence-corrected chi connectivity index (χ1v) is 5.48. The molecule has 1 unspecified atom stereocenters. The molecule has 1 fully saturated rings. The summed E-state index contributed by atoms with van der Waals surface area (Å²) >= 11 is 0. The second-order valence-corrected chi connectivity index (χ2v) is 3.36. The van der Waals surface area contributed by atoms with E-state index in [1.807, 2.05) is 39.0 Å². The summed E-state index contributed by atoms with van der Waals surface area (Å²) in [4.78, 5) is 15.3. The average Bonchev–Trinajstić information content (AvgIpc) is 2.68. The highest BCUT2D eigenvalue weighted by Crippen LogP contribution is 2.21. The summed E-state index contributed by atoms with van der Waals surface area (Å²) in [6.07, 6.45) is 1.50. The van der Waals surface area contributed by atoms with Gasteiger partial charge >= 0.3 is 0 Å². The molecule has 1 aromatic heterocycles. The Morgan fingerprint density at radius 3 is 2.67 bits per heavy atom. The Labute approximate surface area is 90.9 Å². The first-order chi connectivity index (χ1) is 7.25. The lowest BCUT2D eigenvalue weighted by Gasteiger charge is -2.08. The molecule has 15 heavy (non-hydrogen) atoms. The summed E-state index contributed by atoms with van der Waals surface area (Å²) in [7, 11) is 0.